The van der Waals surface area contributed by atoms with Crippen LogP contribution in [0, 0.1) is 0 Å². The summed E-state index contributed by atoms with van der Waals surface area (Å²) in [5.74, 6) is 1.63. The molecule has 0 amide bonds. The van der Waals surface area contributed by atoms with Crippen molar-refractivity contribution in [3.8, 4) is 0 Å². The van der Waals surface area contributed by atoms with Crippen LogP contribution in [0.2, 0.25) is 0 Å². The Kier molecular flexibility index (Phi) is 3.74. The molecule has 0 saturated carbocycles. The minimum absolute atomic E-state index is 0.530. The lowest BCUT2D eigenvalue weighted by Crippen LogP contribution is -2.11. The van der Waals surface area contributed by atoms with Gasteiger partial charge >= 0.3 is 0 Å². The van der Waals surface area contributed by atoms with Crippen LogP contribution >= 0.6 is 0 Å². The number of anilines is 3. The molecule has 94 valence electrons. The van der Waals surface area contributed by atoms with Crippen molar-refractivity contribution in [2.75, 3.05) is 24.3 Å². The Bertz CT molecular complexity index is 524. The molecule has 0 aliphatic heterocycles. The third-order valence-electron chi connectivity index (χ3n) is 2.55. The average Bonchev–Trinajstić information content (AvgIpc) is 2.39. The minimum atomic E-state index is 0.530. The maximum Gasteiger partial charge on any atom is 0.135 e. The number of hydrogen-bond acceptors (Lipinski definition) is 5. The molecule has 0 spiro atoms. The van der Waals surface area contributed by atoms with Crippen molar-refractivity contribution in [3.63, 3.8) is 0 Å². The molecule has 0 aliphatic carbocycles. The van der Waals surface area contributed by atoms with Crippen LogP contribution in [-0.2, 0) is 6.54 Å². The van der Waals surface area contributed by atoms with E-state index in [9.17, 15) is 0 Å². The predicted molar refractivity (Wildman–Crippen MR) is 74.0 cm³/mol. The molecule has 5 nitrogen and oxygen atoms in total. The van der Waals surface area contributed by atoms with Crippen molar-refractivity contribution >= 4 is 17.3 Å². The first-order chi connectivity index (χ1) is 8.69. The summed E-state index contributed by atoms with van der Waals surface area (Å²) in [6.45, 7) is 0.530. The van der Waals surface area contributed by atoms with Gasteiger partial charge in [-0.3, -0.25) is 0 Å². The largest absolute Gasteiger partial charge is 0.363 e. The van der Waals surface area contributed by atoms with Crippen molar-refractivity contribution in [2.45, 2.75) is 6.54 Å². The molecule has 18 heavy (non-hydrogen) atoms. The van der Waals surface area contributed by atoms with Gasteiger partial charge in [0.2, 0.25) is 0 Å². The van der Waals surface area contributed by atoms with E-state index in [2.05, 4.69) is 15.3 Å². The average molecular weight is 243 g/mol. The highest BCUT2D eigenvalue weighted by atomic mass is 15.2. The zero-order chi connectivity index (χ0) is 13.0. The van der Waals surface area contributed by atoms with E-state index >= 15 is 0 Å². The zero-order valence-electron chi connectivity index (χ0n) is 10.6. The molecular formula is C13H17N5. The fourth-order valence-corrected chi connectivity index (χ4v) is 1.58. The van der Waals surface area contributed by atoms with Gasteiger partial charge in [-0.25, -0.2) is 9.97 Å². The highest BCUT2D eigenvalue weighted by molar-refractivity contribution is 5.59. The Labute approximate surface area is 107 Å². The van der Waals surface area contributed by atoms with E-state index in [1.807, 2.05) is 49.3 Å². The topological polar surface area (TPSA) is 67.1 Å². The van der Waals surface area contributed by atoms with Gasteiger partial charge in [0.25, 0.3) is 0 Å². The maximum absolute atomic E-state index is 5.62. The van der Waals surface area contributed by atoms with Gasteiger partial charge in [0.15, 0.2) is 0 Å². The van der Waals surface area contributed by atoms with Crippen molar-refractivity contribution in [2.24, 2.45) is 5.73 Å². The molecule has 0 fully saturated rings. The molecular weight excluding hydrogens is 226 g/mol. The van der Waals surface area contributed by atoms with E-state index in [0.29, 0.717) is 6.54 Å². The summed E-state index contributed by atoms with van der Waals surface area (Å²) in [6.07, 6.45) is 1.55. The number of nitrogens with two attached hydrogens (primary N) is 1. The van der Waals surface area contributed by atoms with E-state index in [4.69, 9.17) is 5.73 Å². The first-order valence-corrected chi connectivity index (χ1v) is 5.74. The van der Waals surface area contributed by atoms with Gasteiger partial charge in [-0.2, -0.15) is 0 Å². The van der Waals surface area contributed by atoms with Crippen molar-refractivity contribution < 1.29 is 0 Å². The molecule has 0 aliphatic rings. The summed E-state index contributed by atoms with van der Waals surface area (Å²) in [6, 6.07) is 9.86. The second-order valence-corrected chi connectivity index (χ2v) is 4.19. The molecule has 0 unspecified atom stereocenters. The molecule has 0 saturated heterocycles. The summed E-state index contributed by atoms with van der Waals surface area (Å²) in [5.41, 5.74) is 7.67. The Morgan fingerprint density at radius 3 is 2.78 bits per heavy atom. The van der Waals surface area contributed by atoms with Gasteiger partial charge in [-0.15, -0.1) is 0 Å². The van der Waals surface area contributed by atoms with Crippen molar-refractivity contribution in [1.82, 2.24) is 9.97 Å². The van der Waals surface area contributed by atoms with E-state index < -0.39 is 0 Å². The Morgan fingerprint density at radius 2 is 2.06 bits per heavy atom. The normalized spacial score (nSPS) is 10.2. The van der Waals surface area contributed by atoms with Crippen LogP contribution in [0.4, 0.5) is 17.3 Å². The fourth-order valence-electron chi connectivity index (χ4n) is 1.58. The van der Waals surface area contributed by atoms with Gasteiger partial charge < -0.3 is 16.0 Å². The Hall–Kier alpha value is -2.14. The minimum Gasteiger partial charge on any atom is -0.363 e. The maximum atomic E-state index is 5.62. The van der Waals surface area contributed by atoms with Crippen LogP contribution in [0.3, 0.4) is 0 Å². The lowest BCUT2D eigenvalue weighted by Gasteiger charge is -2.12. The highest BCUT2D eigenvalue weighted by Gasteiger charge is 2.01. The molecule has 3 N–H and O–H groups in total. The lowest BCUT2D eigenvalue weighted by atomic mass is 10.2. The molecule has 1 heterocycles. The fraction of sp³-hybridized carbons (Fsp3) is 0.231. The van der Waals surface area contributed by atoms with Crippen LogP contribution in [0.15, 0.2) is 36.7 Å². The van der Waals surface area contributed by atoms with Gasteiger partial charge in [0.1, 0.15) is 18.0 Å². The summed E-state index contributed by atoms with van der Waals surface area (Å²) >= 11 is 0. The third kappa shape index (κ3) is 2.95. The van der Waals surface area contributed by atoms with Gasteiger partial charge in [0.05, 0.1) is 0 Å². The van der Waals surface area contributed by atoms with Crippen LogP contribution in [-0.4, -0.2) is 24.1 Å². The number of aromatic nitrogens is 2. The Balaban J connectivity index is 2.20. The molecule has 0 atom stereocenters. The van der Waals surface area contributed by atoms with E-state index in [1.54, 1.807) is 6.33 Å². The second kappa shape index (κ2) is 5.46. The van der Waals surface area contributed by atoms with Crippen molar-refractivity contribution in [3.05, 3.63) is 42.2 Å². The smallest absolute Gasteiger partial charge is 0.135 e. The number of rotatable bonds is 4. The van der Waals surface area contributed by atoms with E-state index in [1.165, 1.54) is 0 Å². The number of nitrogens with one attached hydrogen (secondary N) is 1. The number of benzene rings is 1. The molecule has 2 rings (SSSR count). The van der Waals surface area contributed by atoms with Gasteiger partial charge in [0, 0.05) is 32.4 Å². The molecule has 2 aromatic rings. The molecule has 0 bridgehead atoms. The second-order valence-electron chi connectivity index (χ2n) is 4.19. The zero-order valence-corrected chi connectivity index (χ0v) is 10.6. The number of nitrogens with zero attached hydrogens (tertiary/aromatic N) is 3. The highest BCUT2D eigenvalue weighted by Crippen LogP contribution is 2.18. The van der Waals surface area contributed by atoms with Crippen LogP contribution < -0.4 is 16.0 Å². The standard InChI is InChI=1S/C13H17N5/c1-18(2)13-7-12(15-9-16-13)17-11-5-3-4-10(6-11)8-14/h3-7,9H,8,14H2,1-2H3,(H,15,16,17). The number of hydrogen-bond donors (Lipinski definition) is 2. The molecule has 5 heteroatoms. The van der Waals surface area contributed by atoms with E-state index in [0.717, 1.165) is 22.9 Å². The predicted octanol–water partition coefficient (Wildman–Crippen LogP) is 1.74. The Morgan fingerprint density at radius 1 is 1.22 bits per heavy atom. The monoisotopic (exact) mass is 243 g/mol. The van der Waals surface area contributed by atoms with Crippen LogP contribution in [0.25, 0.3) is 0 Å². The molecule has 1 aromatic carbocycles. The van der Waals surface area contributed by atoms with Gasteiger partial charge in [-0.05, 0) is 17.7 Å². The third-order valence-corrected chi connectivity index (χ3v) is 2.55. The first kappa shape index (κ1) is 12.3. The summed E-state index contributed by atoms with van der Waals surface area (Å²) in [7, 11) is 3.89. The lowest BCUT2D eigenvalue weighted by molar-refractivity contribution is 1.04. The quantitative estimate of drug-likeness (QED) is 0.856. The SMILES string of the molecule is CN(C)c1cc(Nc2cccc(CN)c2)ncn1. The van der Waals surface area contributed by atoms with E-state index in [-0.39, 0.29) is 0 Å². The molecule has 0 radical (unpaired) electrons. The summed E-state index contributed by atoms with van der Waals surface area (Å²) < 4.78 is 0. The summed E-state index contributed by atoms with van der Waals surface area (Å²) in [5, 5.41) is 3.24. The summed E-state index contributed by atoms with van der Waals surface area (Å²) in [4.78, 5) is 10.3. The van der Waals surface area contributed by atoms with Gasteiger partial charge in [-0.1, -0.05) is 12.1 Å². The first-order valence-electron chi connectivity index (χ1n) is 5.74. The van der Waals surface area contributed by atoms with Crippen LogP contribution in [0.5, 0.6) is 0 Å². The van der Waals surface area contributed by atoms with Crippen molar-refractivity contribution in [1.29, 1.82) is 0 Å². The molecule has 1 aromatic heterocycles. The van der Waals surface area contributed by atoms with Crippen LogP contribution in [0.1, 0.15) is 5.56 Å².